The molecule has 0 bridgehead atoms. The molecule has 9 heteroatoms. The third-order valence-corrected chi connectivity index (χ3v) is 2.94. The molecule has 2 rings (SSSR count). The third kappa shape index (κ3) is 2.96. The highest BCUT2D eigenvalue weighted by Crippen LogP contribution is 2.21. The van der Waals surface area contributed by atoms with Gasteiger partial charge in [0.05, 0.1) is 10.6 Å². The highest BCUT2D eigenvalue weighted by Gasteiger charge is 2.21. The molecule has 0 aliphatic rings. The highest BCUT2D eigenvalue weighted by molar-refractivity contribution is 5.93. The van der Waals surface area contributed by atoms with Gasteiger partial charge >= 0.3 is 11.7 Å². The van der Waals surface area contributed by atoms with Gasteiger partial charge in [-0.2, -0.15) is 0 Å². The standard InChI is InChI=1S/C12H12N4O5/c1-6-9(7(2)21-15-6)4-13-11-3-8(12(17)18)10(5-14-11)16(19)20/h3,5H,4H2,1-2H3,(H,13,14)(H,17,18). The number of aromatic nitrogens is 2. The van der Waals surface area contributed by atoms with E-state index in [1.54, 1.807) is 13.8 Å². The monoisotopic (exact) mass is 292 g/mol. The largest absolute Gasteiger partial charge is 0.477 e. The second-order valence-corrected chi connectivity index (χ2v) is 4.31. The lowest BCUT2D eigenvalue weighted by Gasteiger charge is -2.06. The summed E-state index contributed by atoms with van der Waals surface area (Å²) in [6.45, 7) is 3.85. The zero-order valence-electron chi connectivity index (χ0n) is 11.3. The van der Waals surface area contributed by atoms with Crippen molar-refractivity contribution in [1.29, 1.82) is 0 Å². The van der Waals surface area contributed by atoms with Gasteiger partial charge in [0.25, 0.3) is 0 Å². The van der Waals surface area contributed by atoms with E-state index in [0.717, 1.165) is 17.8 Å². The molecule has 0 unspecified atom stereocenters. The lowest BCUT2D eigenvalue weighted by atomic mass is 10.2. The van der Waals surface area contributed by atoms with Gasteiger partial charge in [-0.05, 0) is 13.8 Å². The molecule has 0 spiro atoms. The Morgan fingerprint density at radius 3 is 2.76 bits per heavy atom. The summed E-state index contributed by atoms with van der Waals surface area (Å²) in [7, 11) is 0. The van der Waals surface area contributed by atoms with E-state index in [1.807, 2.05) is 0 Å². The van der Waals surface area contributed by atoms with E-state index < -0.39 is 22.1 Å². The van der Waals surface area contributed by atoms with Crippen molar-refractivity contribution in [3.05, 3.63) is 45.0 Å². The maximum atomic E-state index is 11.0. The predicted octanol–water partition coefficient (Wildman–Crippen LogP) is 1.90. The van der Waals surface area contributed by atoms with Crippen molar-refractivity contribution in [1.82, 2.24) is 10.1 Å². The number of hydrogen-bond acceptors (Lipinski definition) is 7. The molecular weight excluding hydrogens is 280 g/mol. The number of carboxylic acids is 1. The fourth-order valence-electron chi connectivity index (χ4n) is 1.79. The van der Waals surface area contributed by atoms with Crippen molar-refractivity contribution in [3.63, 3.8) is 0 Å². The second kappa shape index (κ2) is 5.57. The first kappa shape index (κ1) is 14.4. The van der Waals surface area contributed by atoms with Crippen LogP contribution in [0.15, 0.2) is 16.8 Å². The molecule has 0 atom stereocenters. The van der Waals surface area contributed by atoms with Gasteiger partial charge in [-0.15, -0.1) is 0 Å². The van der Waals surface area contributed by atoms with Gasteiger partial charge in [0.2, 0.25) is 0 Å². The molecule has 2 heterocycles. The Hall–Kier alpha value is -2.97. The molecule has 21 heavy (non-hydrogen) atoms. The Balaban J connectivity index is 2.24. The first-order valence-corrected chi connectivity index (χ1v) is 5.93. The van der Waals surface area contributed by atoms with E-state index in [1.165, 1.54) is 0 Å². The summed E-state index contributed by atoms with van der Waals surface area (Å²) in [6, 6.07) is 1.12. The third-order valence-electron chi connectivity index (χ3n) is 2.94. The first-order chi connectivity index (χ1) is 9.90. The first-order valence-electron chi connectivity index (χ1n) is 5.93. The summed E-state index contributed by atoms with van der Waals surface area (Å²) in [4.78, 5) is 24.8. The zero-order valence-corrected chi connectivity index (χ0v) is 11.3. The van der Waals surface area contributed by atoms with E-state index >= 15 is 0 Å². The number of aromatic carboxylic acids is 1. The van der Waals surface area contributed by atoms with Crippen molar-refractivity contribution < 1.29 is 19.3 Å². The van der Waals surface area contributed by atoms with Gasteiger partial charge in [0.1, 0.15) is 23.3 Å². The number of aryl methyl sites for hydroxylation is 2. The Kier molecular flexibility index (Phi) is 3.83. The van der Waals surface area contributed by atoms with Crippen LogP contribution in [0.4, 0.5) is 11.5 Å². The van der Waals surface area contributed by atoms with Crippen molar-refractivity contribution in [2.45, 2.75) is 20.4 Å². The van der Waals surface area contributed by atoms with Crippen LogP contribution in [-0.2, 0) is 6.54 Å². The molecule has 0 aliphatic heterocycles. The Labute approximate surface area is 118 Å². The summed E-state index contributed by atoms with van der Waals surface area (Å²) in [6.07, 6.45) is 0.916. The minimum absolute atomic E-state index is 0.220. The van der Waals surface area contributed by atoms with Crippen LogP contribution < -0.4 is 5.32 Å². The van der Waals surface area contributed by atoms with E-state index in [4.69, 9.17) is 9.63 Å². The van der Waals surface area contributed by atoms with Gasteiger partial charge in [0, 0.05) is 18.2 Å². The van der Waals surface area contributed by atoms with Crippen LogP contribution in [0.2, 0.25) is 0 Å². The topological polar surface area (TPSA) is 131 Å². The van der Waals surface area contributed by atoms with Crippen molar-refractivity contribution in [2.24, 2.45) is 0 Å². The van der Waals surface area contributed by atoms with Crippen LogP contribution in [0.1, 0.15) is 27.4 Å². The summed E-state index contributed by atoms with van der Waals surface area (Å²) < 4.78 is 5.00. The molecular formula is C12H12N4O5. The fourth-order valence-corrected chi connectivity index (χ4v) is 1.79. The molecule has 0 fully saturated rings. The average molecular weight is 292 g/mol. The second-order valence-electron chi connectivity index (χ2n) is 4.31. The molecule has 0 radical (unpaired) electrons. The average Bonchev–Trinajstić information content (AvgIpc) is 2.75. The minimum Gasteiger partial charge on any atom is -0.477 e. The van der Waals surface area contributed by atoms with Gasteiger partial charge in [-0.3, -0.25) is 10.1 Å². The minimum atomic E-state index is -1.38. The number of anilines is 1. The Morgan fingerprint density at radius 1 is 1.52 bits per heavy atom. The van der Waals surface area contributed by atoms with Gasteiger partial charge in [-0.1, -0.05) is 5.16 Å². The number of nitrogens with one attached hydrogen (secondary N) is 1. The van der Waals surface area contributed by atoms with Gasteiger partial charge in [-0.25, -0.2) is 9.78 Å². The predicted molar refractivity (Wildman–Crippen MR) is 71.2 cm³/mol. The summed E-state index contributed by atoms with van der Waals surface area (Å²) >= 11 is 0. The van der Waals surface area contributed by atoms with Crippen LogP contribution in [0.25, 0.3) is 0 Å². The Morgan fingerprint density at radius 2 is 2.24 bits per heavy atom. The maximum absolute atomic E-state index is 11.0. The van der Waals surface area contributed by atoms with E-state index in [0.29, 0.717) is 18.0 Å². The number of nitrogens with zero attached hydrogens (tertiary/aromatic N) is 3. The SMILES string of the molecule is Cc1noc(C)c1CNc1cc(C(=O)O)c([N+](=O)[O-])cn1. The molecule has 2 aromatic heterocycles. The molecule has 2 N–H and O–H groups in total. The van der Waals surface area contributed by atoms with Crippen LogP contribution >= 0.6 is 0 Å². The molecule has 0 saturated heterocycles. The van der Waals surface area contributed by atoms with E-state index in [9.17, 15) is 14.9 Å². The van der Waals surface area contributed by atoms with Crippen LogP contribution in [0, 0.1) is 24.0 Å². The fraction of sp³-hybridized carbons (Fsp3) is 0.250. The van der Waals surface area contributed by atoms with Crippen LogP contribution in [0.3, 0.4) is 0 Å². The zero-order chi connectivity index (χ0) is 15.6. The number of nitro groups is 1. The smallest absolute Gasteiger partial charge is 0.342 e. The summed E-state index contributed by atoms with van der Waals surface area (Å²) in [5.74, 6) is -0.525. The number of carboxylic acid groups (broad SMARTS) is 1. The van der Waals surface area contributed by atoms with Gasteiger partial charge < -0.3 is 14.9 Å². The van der Waals surface area contributed by atoms with Crippen LogP contribution in [-0.4, -0.2) is 26.1 Å². The number of hydrogen-bond donors (Lipinski definition) is 2. The van der Waals surface area contributed by atoms with Crippen molar-refractivity contribution in [2.75, 3.05) is 5.32 Å². The molecule has 9 nitrogen and oxygen atoms in total. The highest BCUT2D eigenvalue weighted by atomic mass is 16.6. The lowest BCUT2D eigenvalue weighted by Crippen LogP contribution is -2.07. The quantitative estimate of drug-likeness (QED) is 0.630. The molecule has 110 valence electrons. The molecule has 0 aliphatic carbocycles. The van der Waals surface area contributed by atoms with Crippen LogP contribution in [0.5, 0.6) is 0 Å². The normalized spacial score (nSPS) is 10.4. The summed E-state index contributed by atoms with van der Waals surface area (Å²) in [5.41, 5.74) is 0.564. The van der Waals surface area contributed by atoms with Crippen molar-refractivity contribution in [3.8, 4) is 0 Å². The molecule has 0 aromatic carbocycles. The van der Waals surface area contributed by atoms with Crippen molar-refractivity contribution >= 4 is 17.5 Å². The number of rotatable bonds is 5. The van der Waals surface area contributed by atoms with Gasteiger partial charge in [0.15, 0.2) is 0 Å². The maximum Gasteiger partial charge on any atom is 0.342 e. The number of carbonyl (C=O) groups is 1. The summed E-state index contributed by atoms with van der Waals surface area (Å²) in [5, 5.41) is 26.4. The molecule has 2 aromatic rings. The van der Waals surface area contributed by atoms with E-state index in [2.05, 4.69) is 15.5 Å². The van der Waals surface area contributed by atoms with E-state index in [-0.39, 0.29) is 5.82 Å². The Bertz CT molecular complexity index is 690. The molecule has 0 amide bonds. The molecule has 0 saturated carbocycles. The number of pyridine rings is 1. The lowest BCUT2D eigenvalue weighted by molar-refractivity contribution is -0.385.